The van der Waals surface area contributed by atoms with Gasteiger partial charge in [0.2, 0.25) is 0 Å². The maximum atomic E-state index is 12.8. The van der Waals surface area contributed by atoms with Crippen LogP contribution in [0.5, 0.6) is 0 Å². The zero-order valence-electron chi connectivity index (χ0n) is 15.0. The van der Waals surface area contributed by atoms with E-state index in [2.05, 4.69) is 12.2 Å². The van der Waals surface area contributed by atoms with Crippen LogP contribution in [0.25, 0.3) is 0 Å². The van der Waals surface area contributed by atoms with Gasteiger partial charge in [0.1, 0.15) is 0 Å². The zero-order valence-corrected chi connectivity index (χ0v) is 15.0. The van der Waals surface area contributed by atoms with E-state index in [-0.39, 0.29) is 0 Å². The Kier molecular flexibility index (Phi) is 10.9. The van der Waals surface area contributed by atoms with Crippen LogP contribution in [-0.4, -0.2) is 17.0 Å². The largest absolute Gasteiger partial charge is 0.477 e. The molecule has 0 saturated heterocycles. The number of alkyl halides is 2. The van der Waals surface area contributed by atoms with E-state index in [4.69, 9.17) is 5.11 Å². The molecule has 1 rings (SSSR count). The van der Waals surface area contributed by atoms with Crippen molar-refractivity contribution in [3.05, 3.63) is 12.2 Å². The first-order valence-electron chi connectivity index (χ1n) is 9.80. The van der Waals surface area contributed by atoms with Crippen LogP contribution in [-0.2, 0) is 4.79 Å². The minimum Gasteiger partial charge on any atom is -0.477 e. The van der Waals surface area contributed by atoms with E-state index in [9.17, 15) is 13.6 Å². The summed E-state index contributed by atoms with van der Waals surface area (Å²) >= 11 is 0. The summed E-state index contributed by atoms with van der Waals surface area (Å²) in [6.45, 7) is 0. The summed E-state index contributed by atoms with van der Waals surface area (Å²) in [6.07, 6.45) is 20.2. The highest BCUT2D eigenvalue weighted by atomic mass is 19.3. The molecule has 0 spiro atoms. The maximum absolute atomic E-state index is 12.8. The van der Waals surface area contributed by atoms with Gasteiger partial charge in [-0.15, -0.1) is 0 Å². The van der Waals surface area contributed by atoms with E-state index in [1.54, 1.807) is 0 Å². The fourth-order valence-corrected chi connectivity index (χ4v) is 3.40. The monoisotopic (exact) mass is 344 g/mol. The molecule has 4 heteroatoms. The number of allylic oxidation sites excluding steroid dienone is 2. The third kappa shape index (κ3) is 10.0. The standard InChI is InChI=1S/C20H34F2O2/c21-20(22,19(23)24)17-13-8-6-4-2-1-3-5-7-10-14-18-15-11-9-12-16-18/h11,15,18H,1-10,12-14,16-17H2,(H,23,24). The number of hydrogen-bond acceptors (Lipinski definition) is 1. The summed E-state index contributed by atoms with van der Waals surface area (Å²) < 4.78 is 25.7. The second-order valence-electron chi connectivity index (χ2n) is 7.20. The summed E-state index contributed by atoms with van der Waals surface area (Å²) in [7, 11) is 0. The molecule has 2 nitrogen and oxygen atoms in total. The average Bonchev–Trinajstić information content (AvgIpc) is 2.56. The van der Waals surface area contributed by atoms with E-state index in [0.717, 1.165) is 18.8 Å². The molecule has 0 aliphatic heterocycles. The van der Waals surface area contributed by atoms with Crippen LogP contribution in [0.15, 0.2) is 12.2 Å². The van der Waals surface area contributed by atoms with E-state index < -0.39 is 18.3 Å². The molecular formula is C20H34F2O2. The highest BCUT2D eigenvalue weighted by Gasteiger charge is 2.37. The Balaban J connectivity index is 1.80. The van der Waals surface area contributed by atoms with Crippen LogP contribution in [0.4, 0.5) is 8.78 Å². The van der Waals surface area contributed by atoms with E-state index >= 15 is 0 Å². The second kappa shape index (κ2) is 12.4. The van der Waals surface area contributed by atoms with Gasteiger partial charge in [0.25, 0.3) is 0 Å². The van der Waals surface area contributed by atoms with Crippen molar-refractivity contribution in [2.24, 2.45) is 5.92 Å². The zero-order chi connectivity index (χ0) is 17.7. The van der Waals surface area contributed by atoms with Crippen molar-refractivity contribution in [2.45, 2.75) is 102 Å². The Hall–Kier alpha value is -0.930. The molecule has 1 atom stereocenters. The molecule has 0 saturated carbocycles. The third-order valence-corrected chi connectivity index (χ3v) is 4.98. The molecule has 0 aromatic carbocycles. The van der Waals surface area contributed by atoms with Crippen LogP contribution in [0.3, 0.4) is 0 Å². The minimum atomic E-state index is -3.55. The van der Waals surface area contributed by atoms with Crippen LogP contribution in [0, 0.1) is 5.92 Å². The van der Waals surface area contributed by atoms with E-state index in [1.807, 2.05) is 0 Å². The van der Waals surface area contributed by atoms with Crippen LogP contribution < -0.4 is 0 Å². The number of carboxylic acid groups (broad SMARTS) is 1. The van der Waals surface area contributed by atoms with E-state index in [1.165, 1.54) is 64.2 Å². The first kappa shape index (κ1) is 21.1. The molecule has 0 bridgehead atoms. The smallest absolute Gasteiger partial charge is 0.374 e. The molecule has 0 aromatic heterocycles. The summed E-state index contributed by atoms with van der Waals surface area (Å²) in [5.41, 5.74) is 0. The molecule has 0 aromatic rings. The number of halogens is 2. The molecular weight excluding hydrogens is 310 g/mol. The lowest BCUT2D eigenvalue weighted by Crippen LogP contribution is -2.27. The van der Waals surface area contributed by atoms with Gasteiger partial charge in [-0.2, -0.15) is 8.78 Å². The molecule has 1 aliphatic carbocycles. The lowest BCUT2D eigenvalue weighted by Gasteiger charge is -2.15. The quantitative estimate of drug-likeness (QED) is 0.280. The Bertz CT molecular complexity index is 367. The number of rotatable bonds is 14. The van der Waals surface area contributed by atoms with Gasteiger partial charge in [0.15, 0.2) is 0 Å². The number of unbranched alkanes of at least 4 members (excludes halogenated alkanes) is 9. The molecule has 1 N–H and O–H groups in total. The normalized spacial score (nSPS) is 18.0. The van der Waals surface area contributed by atoms with Crippen molar-refractivity contribution in [3.63, 3.8) is 0 Å². The van der Waals surface area contributed by atoms with Gasteiger partial charge in [-0.3, -0.25) is 0 Å². The average molecular weight is 344 g/mol. The van der Waals surface area contributed by atoms with Crippen LogP contribution in [0.2, 0.25) is 0 Å². The van der Waals surface area contributed by atoms with E-state index in [0.29, 0.717) is 12.8 Å². The predicted molar refractivity (Wildman–Crippen MR) is 94.5 cm³/mol. The molecule has 0 heterocycles. The molecule has 24 heavy (non-hydrogen) atoms. The van der Waals surface area contributed by atoms with Crippen molar-refractivity contribution < 1.29 is 18.7 Å². The predicted octanol–water partition coefficient (Wildman–Crippen LogP) is 6.74. The van der Waals surface area contributed by atoms with Gasteiger partial charge in [-0.1, -0.05) is 69.9 Å². The number of hydrogen-bond donors (Lipinski definition) is 1. The van der Waals surface area contributed by atoms with Crippen molar-refractivity contribution in [2.75, 3.05) is 0 Å². The summed E-state index contributed by atoms with van der Waals surface area (Å²) in [5.74, 6) is -4.72. The van der Waals surface area contributed by atoms with Gasteiger partial charge in [-0.05, 0) is 38.0 Å². The minimum absolute atomic E-state index is 0.301. The van der Waals surface area contributed by atoms with Crippen LogP contribution in [0.1, 0.15) is 96.3 Å². The van der Waals surface area contributed by atoms with Gasteiger partial charge >= 0.3 is 11.9 Å². The topological polar surface area (TPSA) is 37.3 Å². The maximum Gasteiger partial charge on any atom is 0.374 e. The fourth-order valence-electron chi connectivity index (χ4n) is 3.40. The van der Waals surface area contributed by atoms with Gasteiger partial charge < -0.3 is 5.11 Å². The van der Waals surface area contributed by atoms with Crippen molar-refractivity contribution >= 4 is 5.97 Å². The molecule has 0 radical (unpaired) electrons. The highest BCUT2D eigenvalue weighted by Crippen LogP contribution is 2.24. The number of aliphatic carboxylic acids is 1. The molecule has 0 fully saturated rings. The fraction of sp³-hybridized carbons (Fsp3) is 0.850. The third-order valence-electron chi connectivity index (χ3n) is 4.98. The first-order valence-corrected chi connectivity index (χ1v) is 9.80. The summed E-state index contributed by atoms with van der Waals surface area (Å²) in [6, 6.07) is 0. The van der Waals surface area contributed by atoms with Crippen LogP contribution >= 0.6 is 0 Å². The number of carboxylic acids is 1. The Labute approximate surface area is 145 Å². The highest BCUT2D eigenvalue weighted by molar-refractivity contribution is 5.75. The Morgan fingerprint density at radius 2 is 1.50 bits per heavy atom. The Morgan fingerprint density at radius 3 is 2.00 bits per heavy atom. The summed E-state index contributed by atoms with van der Waals surface area (Å²) in [4.78, 5) is 10.3. The van der Waals surface area contributed by atoms with Crippen molar-refractivity contribution in [3.8, 4) is 0 Å². The van der Waals surface area contributed by atoms with Gasteiger partial charge in [-0.25, -0.2) is 4.79 Å². The second-order valence-corrected chi connectivity index (χ2v) is 7.20. The Morgan fingerprint density at radius 1 is 0.958 bits per heavy atom. The summed E-state index contributed by atoms with van der Waals surface area (Å²) in [5, 5.41) is 8.32. The van der Waals surface area contributed by atoms with Crippen molar-refractivity contribution in [1.82, 2.24) is 0 Å². The van der Waals surface area contributed by atoms with Gasteiger partial charge in [0.05, 0.1) is 0 Å². The number of carbonyl (C=O) groups is 1. The van der Waals surface area contributed by atoms with Crippen molar-refractivity contribution in [1.29, 1.82) is 0 Å². The van der Waals surface area contributed by atoms with Gasteiger partial charge in [0, 0.05) is 6.42 Å². The molecule has 140 valence electrons. The molecule has 0 amide bonds. The molecule has 1 aliphatic rings. The molecule has 1 unspecified atom stereocenters. The lowest BCUT2D eigenvalue weighted by atomic mass is 9.91. The SMILES string of the molecule is O=C(O)C(F)(F)CCCCCCCCCCCCC1C=CCCC1. The lowest BCUT2D eigenvalue weighted by molar-refractivity contribution is -0.165. The first-order chi connectivity index (χ1) is 11.5.